The second kappa shape index (κ2) is 8.13. The summed E-state index contributed by atoms with van der Waals surface area (Å²) in [6.07, 6.45) is 1.41. The Morgan fingerprint density at radius 3 is 2.13 bits per heavy atom. The van der Waals surface area contributed by atoms with Gasteiger partial charge in [0.15, 0.2) is 0 Å². The zero-order valence-electron chi connectivity index (χ0n) is 13.2. The van der Waals surface area contributed by atoms with E-state index in [4.69, 9.17) is 0 Å². The maximum absolute atomic E-state index is 12.1. The molecule has 0 aliphatic heterocycles. The van der Waals surface area contributed by atoms with Gasteiger partial charge in [0.1, 0.15) is 6.04 Å². The van der Waals surface area contributed by atoms with Crippen LogP contribution in [0.3, 0.4) is 0 Å². The number of amides is 1. The lowest BCUT2D eigenvalue weighted by Crippen LogP contribution is -2.43. The zero-order chi connectivity index (χ0) is 16.7. The van der Waals surface area contributed by atoms with Crippen LogP contribution in [0.15, 0.2) is 54.6 Å². The molecule has 0 fully saturated rings. The molecular weight excluding hydrogens is 290 g/mol. The van der Waals surface area contributed by atoms with E-state index in [1.165, 1.54) is 5.56 Å². The summed E-state index contributed by atoms with van der Waals surface area (Å²) in [5, 5.41) is 11.9. The van der Waals surface area contributed by atoms with Gasteiger partial charge in [-0.05, 0) is 23.1 Å². The third kappa shape index (κ3) is 5.25. The average Bonchev–Trinajstić information content (AvgIpc) is 2.56. The fraction of sp³-hybridized carbons (Fsp3) is 0.263. The summed E-state index contributed by atoms with van der Waals surface area (Å²) in [5.41, 5.74) is 2.97. The molecule has 0 bridgehead atoms. The Labute approximate surface area is 136 Å². The van der Waals surface area contributed by atoms with Crippen LogP contribution in [-0.2, 0) is 28.9 Å². The normalized spacial score (nSPS) is 11.7. The number of hydrogen-bond donors (Lipinski definition) is 2. The lowest BCUT2D eigenvalue weighted by molar-refractivity contribution is -0.141. The minimum atomic E-state index is -1.02. The average molecular weight is 311 g/mol. The predicted molar refractivity (Wildman–Crippen MR) is 89.2 cm³/mol. The van der Waals surface area contributed by atoms with E-state index in [1.54, 1.807) is 0 Å². The van der Waals surface area contributed by atoms with E-state index in [9.17, 15) is 14.7 Å². The van der Waals surface area contributed by atoms with E-state index in [0.717, 1.165) is 17.5 Å². The number of benzene rings is 2. The molecule has 0 spiro atoms. The van der Waals surface area contributed by atoms with Gasteiger partial charge in [-0.15, -0.1) is 0 Å². The van der Waals surface area contributed by atoms with E-state index < -0.39 is 12.0 Å². The standard InChI is InChI=1S/C19H21NO3/c1-2-14-8-10-16(11-9-14)13-18(21)20-17(19(22)23)12-15-6-4-3-5-7-15/h3-11,17H,2,12-13H2,1H3,(H,20,21)(H,22,23)/t17-/m0/s1. The van der Waals surface area contributed by atoms with Gasteiger partial charge in [-0.25, -0.2) is 4.79 Å². The summed E-state index contributed by atoms with van der Waals surface area (Å²) in [6.45, 7) is 2.07. The Morgan fingerprint density at radius 1 is 0.957 bits per heavy atom. The van der Waals surface area contributed by atoms with E-state index in [-0.39, 0.29) is 18.7 Å². The second-order valence-electron chi connectivity index (χ2n) is 5.49. The largest absolute Gasteiger partial charge is 0.480 e. The van der Waals surface area contributed by atoms with Crippen molar-refractivity contribution in [2.75, 3.05) is 0 Å². The number of aliphatic carboxylic acids is 1. The molecule has 1 atom stereocenters. The van der Waals surface area contributed by atoms with Crippen molar-refractivity contribution in [3.8, 4) is 0 Å². The fourth-order valence-electron chi connectivity index (χ4n) is 2.37. The molecule has 0 saturated heterocycles. The molecule has 2 aromatic rings. The van der Waals surface area contributed by atoms with E-state index in [1.807, 2.05) is 54.6 Å². The van der Waals surface area contributed by atoms with Gasteiger partial charge in [-0.2, -0.15) is 0 Å². The molecule has 0 radical (unpaired) electrons. The van der Waals surface area contributed by atoms with Gasteiger partial charge < -0.3 is 10.4 Å². The van der Waals surface area contributed by atoms with E-state index >= 15 is 0 Å². The van der Waals surface area contributed by atoms with Gasteiger partial charge in [0, 0.05) is 6.42 Å². The maximum atomic E-state index is 12.1. The number of aryl methyl sites for hydroxylation is 1. The topological polar surface area (TPSA) is 66.4 Å². The molecule has 0 heterocycles. The Bertz CT molecular complexity index is 650. The van der Waals surface area contributed by atoms with E-state index in [0.29, 0.717) is 0 Å². The Balaban J connectivity index is 1.96. The van der Waals surface area contributed by atoms with Crippen molar-refractivity contribution in [1.82, 2.24) is 5.32 Å². The van der Waals surface area contributed by atoms with Gasteiger partial charge in [-0.3, -0.25) is 4.79 Å². The quantitative estimate of drug-likeness (QED) is 0.826. The number of carbonyl (C=O) groups excluding carboxylic acids is 1. The van der Waals surface area contributed by atoms with Crippen LogP contribution in [0.2, 0.25) is 0 Å². The molecule has 2 N–H and O–H groups in total. The van der Waals surface area contributed by atoms with Gasteiger partial charge >= 0.3 is 5.97 Å². The summed E-state index contributed by atoms with van der Waals surface area (Å²) in [4.78, 5) is 23.5. The Hall–Kier alpha value is -2.62. The molecule has 0 aliphatic rings. The molecule has 2 rings (SSSR count). The van der Waals surface area contributed by atoms with Crippen molar-refractivity contribution in [3.05, 3.63) is 71.3 Å². The predicted octanol–water partition coefficient (Wildman–Crippen LogP) is 2.60. The van der Waals surface area contributed by atoms with Crippen LogP contribution in [-0.4, -0.2) is 23.0 Å². The molecule has 4 heteroatoms. The van der Waals surface area contributed by atoms with Gasteiger partial charge in [0.05, 0.1) is 6.42 Å². The Kier molecular flexibility index (Phi) is 5.92. The lowest BCUT2D eigenvalue weighted by atomic mass is 10.0. The number of nitrogens with one attached hydrogen (secondary N) is 1. The number of carbonyl (C=O) groups is 2. The first-order chi connectivity index (χ1) is 11.1. The highest BCUT2D eigenvalue weighted by atomic mass is 16.4. The highest BCUT2D eigenvalue weighted by molar-refractivity contribution is 5.85. The van der Waals surface area contributed by atoms with Crippen molar-refractivity contribution in [2.45, 2.75) is 32.2 Å². The van der Waals surface area contributed by atoms with Crippen LogP contribution in [0.5, 0.6) is 0 Å². The molecular formula is C19H21NO3. The molecule has 0 aliphatic carbocycles. The minimum absolute atomic E-state index is 0.183. The summed E-state index contributed by atoms with van der Waals surface area (Å²) < 4.78 is 0. The first kappa shape index (κ1) is 16.7. The second-order valence-corrected chi connectivity index (χ2v) is 5.49. The third-order valence-electron chi connectivity index (χ3n) is 3.71. The van der Waals surface area contributed by atoms with Crippen LogP contribution >= 0.6 is 0 Å². The summed E-state index contributed by atoms with van der Waals surface area (Å²) >= 11 is 0. The number of carboxylic acid groups (broad SMARTS) is 1. The molecule has 0 aromatic heterocycles. The molecule has 2 aromatic carbocycles. The monoisotopic (exact) mass is 311 g/mol. The summed E-state index contributed by atoms with van der Waals surface area (Å²) in [5.74, 6) is -1.30. The number of carboxylic acids is 1. The highest BCUT2D eigenvalue weighted by Gasteiger charge is 2.20. The van der Waals surface area contributed by atoms with Crippen LogP contribution in [0.25, 0.3) is 0 Å². The first-order valence-corrected chi connectivity index (χ1v) is 7.72. The van der Waals surface area contributed by atoms with Crippen molar-refractivity contribution < 1.29 is 14.7 Å². The molecule has 4 nitrogen and oxygen atoms in total. The van der Waals surface area contributed by atoms with E-state index in [2.05, 4.69) is 12.2 Å². The van der Waals surface area contributed by atoms with Crippen LogP contribution in [0.1, 0.15) is 23.6 Å². The molecule has 1 amide bonds. The maximum Gasteiger partial charge on any atom is 0.326 e. The molecule has 0 unspecified atom stereocenters. The summed E-state index contributed by atoms with van der Waals surface area (Å²) in [7, 11) is 0. The molecule has 23 heavy (non-hydrogen) atoms. The fourth-order valence-corrected chi connectivity index (χ4v) is 2.37. The van der Waals surface area contributed by atoms with Crippen LogP contribution in [0, 0.1) is 0 Å². The lowest BCUT2D eigenvalue weighted by Gasteiger charge is -2.15. The van der Waals surface area contributed by atoms with Gasteiger partial charge in [0.2, 0.25) is 5.91 Å². The van der Waals surface area contributed by atoms with Crippen LogP contribution < -0.4 is 5.32 Å². The van der Waals surface area contributed by atoms with Crippen molar-refractivity contribution >= 4 is 11.9 Å². The smallest absolute Gasteiger partial charge is 0.326 e. The first-order valence-electron chi connectivity index (χ1n) is 7.72. The zero-order valence-corrected chi connectivity index (χ0v) is 13.2. The number of hydrogen-bond acceptors (Lipinski definition) is 2. The SMILES string of the molecule is CCc1ccc(CC(=O)N[C@@H](Cc2ccccc2)C(=O)O)cc1. The number of rotatable bonds is 7. The van der Waals surface area contributed by atoms with Crippen molar-refractivity contribution in [3.63, 3.8) is 0 Å². The molecule has 0 saturated carbocycles. The van der Waals surface area contributed by atoms with Crippen LogP contribution in [0.4, 0.5) is 0 Å². The van der Waals surface area contributed by atoms with Gasteiger partial charge in [0.25, 0.3) is 0 Å². The minimum Gasteiger partial charge on any atom is -0.480 e. The van der Waals surface area contributed by atoms with Crippen molar-refractivity contribution in [1.29, 1.82) is 0 Å². The van der Waals surface area contributed by atoms with Gasteiger partial charge in [-0.1, -0.05) is 61.5 Å². The summed E-state index contributed by atoms with van der Waals surface area (Å²) in [6, 6.07) is 16.2. The third-order valence-corrected chi connectivity index (χ3v) is 3.71. The Morgan fingerprint density at radius 2 is 1.57 bits per heavy atom. The molecule has 120 valence electrons. The van der Waals surface area contributed by atoms with Crippen molar-refractivity contribution in [2.24, 2.45) is 0 Å². The highest BCUT2D eigenvalue weighted by Crippen LogP contribution is 2.07.